The molecule has 0 aromatic heterocycles. The summed E-state index contributed by atoms with van der Waals surface area (Å²) in [6.07, 6.45) is 1.07. The Bertz CT molecular complexity index is 1010. The van der Waals surface area contributed by atoms with Gasteiger partial charge in [0.05, 0.1) is 9.85 Å². The topological polar surface area (TPSA) is 148 Å². The molecule has 3 rings (SSSR count). The molecule has 0 radical (unpaired) electrons. The van der Waals surface area contributed by atoms with E-state index < -0.39 is 21.6 Å². The Morgan fingerprint density at radius 2 is 1.69 bits per heavy atom. The van der Waals surface area contributed by atoms with Crippen molar-refractivity contribution in [1.82, 2.24) is 0 Å². The lowest BCUT2D eigenvalue weighted by Gasteiger charge is -2.09. The van der Waals surface area contributed by atoms with Gasteiger partial charge in [-0.3, -0.25) is 20.2 Å². The monoisotopic (exact) mass is 354 g/mol. The zero-order valence-electron chi connectivity index (χ0n) is 12.8. The molecule has 0 saturated carbocycles. The maximum Gasteiger partial charge on any atom is 0.363 e. The number of carbonyl (C=O) groups is 1. The van der Waals surface area contributed by atoms with Crippen LogP contribution in [0.4, 0.5) is 11.4 Å². The minimum atomic E-state index is -0.877. The third kappa shape index (κ3) is 3.24. The lowest BCUT2D eigenvalue weighted by atomic mass is 10.1. The second-order valence-corrected chi connectivity index (χ2v) is 5.12. The normalized spacial score (nSPS) is 14.8. The summed E-state index contributed by atoms with van der Waals surface area (Å²) >= 11 is 0. The quantitative estimate of drug-likeness (QED) is 0.352. The summed E-state index contributed by atoms with van der Waals surface area (Å²) in [5.74, 6) is -1.57. The van der Waals surface area contributed by atoms with Gasteiger partial charge in [-0.05, 0) is 17.7 Å². The van der Waals surface area contributed by atoms with E-state index in [0.717, 1.165) is 24.3 Å². The Balaban J connectivity index is 2.00. The average Bonchev–Trinajstić information content (AvgIpc) is 2.97. The number of nitro benzene ring substituents is 2. The highest BCUT2D eigenvalue weighted by Crippen LogP contribution is 2.26. The molecule has 0 N–H and O–H groups in total. The number of non-ortho nitro benzene ring substituents is 2. The molecule has 0 aliphatic carbocycles. The molecule has 2 aromatic carbocycles. The Morgan fingerprint density at radius 3 is 2.38 bits per heavy atom. The molecule has 0 bridgehead atoms. The predicted molar refractivity (Wildman–Crippen MR) is 86.2 cm³/mol. The first-order valence-corrected chi connectivity index (χ1v) is 7.08. The molecule has 10 nitrogen and oxygen atoms in total. The fourth-order valence-electron chi connectivity index (χ4n) is 2.19. The van der Waals surface area contributed by atoms with E-state index >= 15 is 0 Å². The standard InChI is InChI=1S/C16H9N3O7/c20-14-5-4-12(19(24)25)7-10(14)8-13-16(21)26-15(17-13)9-2-1-3-11(6-9)18(22)23/h1-8,20H/p-1/b13-8-. The number of ether oxygens (including phenoxy) is 1. The van der Waals surface area contributed by atoms with E-state index in [-0.39, 0.29) is 34.1 Å². The van der Waals surface area contributed by atoms with Crippen LogP contribution >= 0.6 is 0 Å². The van der Waals surface area contributed by atoms with Crippen LogP contribution in [-0.2, 0) is 9.53 Å². The van der Waals surface area contributed by atoms with Crippen LogP contribution in [0.3, 0.4) is 0 Å². The van der Waals surface area contributed by atoms with Gasteiger partial charge in [0.15, 0.2) is 5.70 Å². The van der Waals surface area contributed by atoms with Crippen molar-refractivity contribution in [3.8, 4) is 5.75 Å². The van der Waals surface area contributed by atoms with Gasteiger partial charge >= 0.3 is 5.97 Å². The third-order valence-electron chi connectivity index (χ3n) is 3.42. The number of hydrogen-bond acceptors (Lipinski definition) is 8. The lowest BCUT2D eigenvalue weighted by Crippen LogP contribution is -2.05. The van der Waals surface area contributed by atoms with Crippen molar-refractivity contribution in [3.63, 3.8) is 0 Å². The van der Waals surface area contributed by atoms with E-state index in [9.17, 15) is 30.1 Å². The lowest BCUT2D eigenvalue weighted by molar-refractivity contribution is -0.385. The van der Waals surface area contributed by atoms with Gasteiger partial charge in [0.1, 0.15) is 0 Å². The molecule has 0 unspecified atom stereocenters. The van der Waals surface area contributed by atoms with Gasteiger partial charge in [0, 0.05) is 29.8 Å². The molecule has 1 aliphatic rings. The number of cyclic esters (lactones) is 1. The number of hydrogen-bond donors (Lipinski definition) is 0. The Morgan fingerprint density at radius 1 is 1.00 bits per heavy atom. The first kappa shape index (κ1) is 16.8. The van der Waals surface area contributed by atoms with E-state index in [1.807, 2.05) is 0 Å². The van der Waals surface area contributed by atoms with Crippen molar-refractivity contribution in [1.29, 1.82) is 0 Å². The summed E-state index contributed by atoms with van der Waals surface area (Å²) in [4.78, 5) is 36.2. The highest BCUT2D eigenvalue weighted by molar-refractivity contribution is 6.13. The van der Waals surface area contributed by atoms with Crippen LogP contribution in [0.25, 0.3) is 6.08 Å². The van der Waals surface area contributed by atoms with Crippen molar-refractivity contribution in [3.05, 3.63) is 79.5 Å². The molecule has 1 aliphatic heterocycles. The van der Waals surface area contributed by atoms with Crippen LogP contribution in [0.1, 0.15) is 11.1 Å². The maximum absolute atomic E-state index is 11.9. The molecule has 1 heterocycles. The Labute approximate surface area is 145 Å². The molecule has 0 saturated heterocycles. The summed E-state index contributed by atoms with van der Waals surface area (Å²) in [5.41, 5.74) is -0.665. The second kappa shape index (κ2) is 6.43. The highest BCUT2D eigenvalue weighted by Gasteiger charge is 2.25. The van der Waals surface area contributed by atoms with Gasteiger partial charge in [-0.2, -0.15) is 0 Å². The molecule has 2 aromatic rings. The molecular weight excluding hydrogens is 346 g/mol. The van der Waals surface area contributed by atoms with Crippen molar-refractivity contribution in [2.75, 3.05) is 0 Å². The fourth-order valence-corrected chi connectivity index (χ4v) is 2.19. The molecule has 130 valence electrons. The third-order valence-corrected chi connectivity index (χ3v) is 3.42. The first-order valence-electron chi connectivity index (χ1n) is 7.08. The van der Waals surface area contributed by atoms with E-state index in [4.69, 9.17) is 4.74 Å². The van der Waals surface area contributed by atoms with Crippen LogP contribution in [-0.4, -0.2) is 21.7 Å². The zero-order valence-corrected chi connectivity index (χ0v) is 12.8. The summed E-state index contributed by atoms with van der Waals surface area (Å²) in [5, 5.41) is 33.4. The highest BCUT2D eigenvalue weighted by atomic mass is 16.6. The SMILES string of the molecule is O=C1OC(c2cccc([N+](=O)[O-])c2)=N/C1=C\c1cc([N+](=O)[O-])ccc1[O-]. The van der Waals surface area contributed by atoms with Gasteiger partial charge in [-0.15, -0.1) is 5.75 Å². The Hall–Kier alpha value is -4.08. The Kier molecular flexibility index (Phi) is 4.15. The van der Waals surface area contributed by atoms with E-state index in [1.54, 1.807) is 0 Å². The second-order valence-electron chi connectivity index (χ2n) is 5.12. The molecule has 26 heavy (non-hydrogen) atoms. The number of rotatable bonds is 4. The van der Waals surface area contributed by atoms with Gasteiger partial charge in [0.25, 0.3) is 11.4 Å². The average molecular weight is 354 g/mol. The largest absolute Gasteiger partial charge is 0.872 e. The maximum atomic E-state index is 11.9. The van der Waals surface area contributed by atoms with Crippen LogP contribution in [0.2, 0.25) is 0 Å². The minimum absolute atomic E-state index is 0.102. The number of aliphatic imine (C=N–C) groups is 1. The van der Waals surface area contributed by atoms with E-state index in [1.165, 1.54) is 24.3 Å². The zero-order chi connectivity index (χ0) is 18.8. The fraction of sp³-hybridized carbons (Fsp3) is 0. The smallest absolute Gasteiger partial charge is 0.363 e. The van der Waals surface area contributed by atoms with Crippen molar-refractivity contribution in [2.24, 2.45) is 4.99 Å². The molecular formula is C16H8N3O7-. The number of esters is 1. The van der Waals surface area contributed by atoms with Crippen LogP contribution in [0.5, 0.6) is 5.75 Å². The van der Waals surface area contributed by atoms with Gasteiger partial charge < -0.3 is 9.84 Å². The van der Waals surface area contributed by atoms with Gasteiger partial charge in [-0.25, -0.2) is 9.79 Å². The first-order chi connectivity index (χ1) is 12.3. The number of carbonyl (C=O) groups excluding carboxylic acids is 1. The van der Waals surface area contributed by atoms with Gasteiger partial charge in [-0.1, -0.05) is 12.1 Å². The van der Waals surface area contributed by atoms with E-state index in [2.05, 4.69) is 4.99 Å². The van der Waals surface area contributed by atoms with Crippen molar-refractivity contribution in [2.45, 2.75) is 0 Å². The van der Waals surface area contributed by atoms with Gasteiger partial charge in [0.2, 0.25) is 5.90 Å². The predicted octanol–water partition coefficient (Wildman–Crippen LogP) is 1.92. The van der Waals surface area contributed by atoms with Crippen molar-refractivity contribution >= 4 is 29.3 Å². The summed E-state index contributed by atoms with van der Waals surface area (Å²) in [7, 11) is 0. The molecule has 0 fully saturated rings. The number of benzene rings is 2. The van der Waals surface area contributed by atoms with E-state index in [0.29, 0.717) is 0 Å². The molecule has 0 amide bonds. The minimum Gasteiger partial charge on any atom is -0.872 e. The summed E-state index contributed by atoms with van der Waals surface area (Å²) < 4.78 is 4.97. The number of nitrogens with zero attached hydrogens (tertiary/aromatic N) is 3. The summed E-state index contributed by atoms with van der Waals surface area (Å²) in [6, 6.07) is 8.40. The van der Waals surface area contributed by atoms with Crippen LogP contribution in [0, 0.1) is 20.2 Å². The summed E-state index contributed by atoms with van der Waals surface area (Å²) in [6.45, 7) is 0. The van der Waals surface area contributed by atoms with Crippen molar-refractivity contribution < 1.29 is 24.5 Å². The van der Waals surface area contributed by atoms with Crippen LogP contribution in [0.15, 0.2) is 53.2 Å². The molecule has 10 heteroatoms. The van der Waals surface area contributed by atoms with Crippen LogP contribution < -0.4 is 5.11 Å². The number of nitro groups is 2. The molecule has 0 atom stereocenters. The molecule has 0 spiro atoms.